The van der Waals surface area contributed by atoms with Gasteiger partial charge < -0.3 is 5.32 Å². The number of rotatable bonds is 5. The third-order valence-electron chi connectivity index (χ3n) is 2.52. The predicted octanol–water partition coefficient (Wildman–Crippen LogP) is 3.99. The summed E-state index contributed by atoms with van der Waals surface area (Å²) in [5.41, 5.74) is -0.250. The van der Waals surface area contributed by atoms with Crippen LogP contribution in [-0.4, -0.2) is 6.54 Å². The first-order chi connectivity index (χ1) is 7.44. The molecule has 2 nitrogen and oxygen atoms in total. The number of thiophene rings is 1. The van der Waals surface area contributed by atoms with E-state index in [4.69, 9.17) is 16.9 Å². The standard InChI is InChI=1S/C12H17ClN2S/c1-9(10-4-5-11(13)16-10)15-7-6-12(2,3)8-14/h4-5,9,15H,6-7H2,1-3H3. The number of nitrogens with one attached hydrogen (secondary N) is 1. The molecule has 1 rings (SSSR count). The van der Waals surface area contributed by atoms with Gasteiger partial charge in [-0.25, -0.2) is 0 Å². The second kappa shape index (κ2) is 5.67. The van der Waals surface area contributed by atoms with Crippen LogP contribution in [0.3, 0.4) is 0 Å². The van der Waals surface area contributed by atoms with Crippen LogP contribution in [0.2, 0.25) is 4.34 Å². The summed E-state index contributed by atoms with van der Waals surface area (Å²) in [5.74, 6) is 0. The summed E-state index contributed by atoms with van der Waals surface area (Å²) >= 11 is 7.48. The minimum Gasteiger partial charge on any atom is -0.309 e. The van der Waals surface area contributed by atoms with Crippen LogP contribution < -0.4 is 5.32 Å². The summed E-state index contributed by atoms with van der Waals surface area (Å²) in [6.07, 6.45) is 0.854. The number of hydrogen-bond acceptors (Lipinski definition) is 3. The Kier molecular flexibility index (Phi) is 4.79. The largest absolute Gasteiger partial charge is 0.309 e. The molecule has 0 radical (unpaired) electrons. The molecule has 1 aromatic rings. The van der Waals surface area contributed by atoms with Crippen molar-refractivity contribution in [2.75, 3.05) is 6.54 Å². The average Bonchev–Trinajstić information content (AvgIpc) is 2.64. The lowest BCUT2D eigenvalue weighted by molar-refractivity contribution is 0.418. The molecular formula is C12H17ClN2S. The fourth-order valence-electron chi connectivity index (χ4n) is 1.32. The van der Waals surface area contributed by atoms with Crippen molar-refractivity contribution in [3.05, 3.63) is 21.3 Å². The van der Waals surface area contributed by atoms with E-state index in [2.05, 4.69) is 18.3 Å². The van der Waals surface area contributed by atoms with Crippen molar-refractivity contribution in [2.45, 2.75) is 33.2 Å². The Bertz CT molecular complexity index is 379. The number of nitrogens with zero attached hydrogens (tertiary/aromatic N) is 1. The molecule has 0 fully saturated rings. The van der Waals surface area contributed by atoms with Gasteiger partial charge in [0.1, 0.15) is 0 Å². The SMILES string of the molecule is CC(NCCC(C)(C)C#N)c1ccc(Cl)s1. The summed E-state index contributed by atoms with van der Waals surface area (Å²) in [7, 11) is 0. The molecule has 0 aromatic carbocycles. The minimum atomic E-state index is -0.250. The van der Waals surface area contributed by atoms with E-state index < -0.39 is 0 Å². The molecule has 0 aliphatic heterocycles. The Balaban J connectivity index is 2.37. The van der Waals surface area contributed by atoms with Gasteiger partial charge in [0.05, 0.1) is 15.8 Å². The van der Waals surface area contributed by atoms with Crippen LogP contribution in [0, 0.1) is 16.7 Å². The highest BCUT2D eigenvalue weighted by Gasteiger charge is 2.16. The highest BCUT2D eigenvalue weighted by molar-refractivity contribution is 7.16. The molecule has 4 heteroatoms. The van der Waals surface area contributed by atoms with Gasteiger partial charge in [-0.05, 0) is 45.9 Å². The first-order valence-corrected chi connectivity index (χ1v) is 6.54. The number of hydrogen-bond donors (Lipinski definition) is 1. The van der Waals surface area contributed by atoms with Crippen molar-refractivity contribution in [1.29, 1.82) is 5.26 Å². The molecule has 0 aliphatic carbocycles. The van der Waals surface area contributed by atoms with Crippen LogP contribution in [0.15, 0.2) is 12.1 Å². The second-order valence-corrected chi connectivity index (χ2v) is 6.31. The molecule has 88 valence electrons. The van der Waals surface area contributed by atoms with Gasteiger partial charge in [0.25, 0.3) is 0 Å². The van der Waals surface area contributed by atoms with Crippen LogP contribution in [0.4, 0.5) is 0 Å². The molecule has 16 heavy (non-hydrogen) atoms. The van der Waals surface area contributed by atoms with Gasteiger partial charge >= 0.3 is 0 Å². The average molecular weight is 257 g/mol. The predicted molar refractivity (Wildman–Crippen MR) is 69.8 cm³/mol. The van der Waals surface area contributed by atoms with Gasteiger partial charge in [0, 0.05) is 10.9 Å². The maximum atomic E-state index is 8.89. The molecule has 0 amide bonds. The highest BCUT2D eigenvalue weighted by atomic mass is 35.5. The second-order valence-electron chi connectivity index (χ2n) is 4.56. The van der Waals surface area contributed by atoms with Crippen molar-refractivity contribution in [3.63, 3.8) is 0 Å². The van der Waals surface area contributed by atoms with Gasteiger partial charge in [0.15, 0.2) is 0 Å². The van der Waals surface area contributed by atoms with Gasteiger partial charge in [-0.1, -0.05) is 11.6 Å². The lowest BCUT2D eigenvalue weighted by Gasteiger charge is -2.17. The van der Waals surface area contributed by atoms with Crippen LogP contribution in [0.25, 0.3) is 0 Å². The lowest BCUT2D eigenvalue weighted by atomic mass is 9.91. The molecule has 0 aliphatic rings. The molecule has 0 bridgehead atoms. The van der Waals surface area contributed by atoms with Gasteiger partial charge in [-0.15, -0.1) is 11.3 Å². The first-order valence-electron chi connectivity index (χ1n) is 5.34. The summed E-state index contributed by atoms with van der Waals surface area (Å²) in [6.45, 7) is 6.88. The van der Waals surface area contributed by atoms with Gasteiger partial charge in [-0.3, -0.25) is 0 Å². The van der Waals surface area contributed by atoms with E-state index in [-0.39, 0.29) is 5.41 Å². The van der Waals surface area contributed by atoms with Crippen molar-refractivity contribution in [1.82, 2.24) is 5.32 Å². The van der Waals surface area contributed by atoms with Crippen LogP contribution in [-0.2, 0) is 0 Å². The van der Waals surface area contributed by atoms with Crippen molar-refractivity contribution < 1.29 is 0 Å². The number of nitriles is 1. The summed E-state index contributed by atoms with van der Waals surface area (Å²) < 4.78 is 0.820. The van der Waals surface area contributed by atoms with E-state index in [0.717, 1.165) is 17.3 Å². The molecule has 1 heterocycles. The van der Waals surface area contributed by atoms with E-state index in [1.807, 2.05) is 26.0 Å². The van der Waals surface area contributed by atoms with E-state index in [1.165, 1.54) is 4.88 Å². The Morgan fingerprint density at radius 1 is 1.56 bits per heavy atom. The number of halogens is 1. The fourth-order valence-corrected chi connectivity index (χ4v) is 2.41. The zero-order chi connectivity index (χ0) is 12.2. The van der Waals surface area contributed by atoms with Crippen LogP contribution in [0.5, 0.6) is 0 Å². The zero-order valence-corrected chi connectivity index (χ0v) is 11.5. The van der Waals surface area contributed by atoms with Crippen molar-refractivity contribution >= 4 is 22.9 Å². The first kappa shape index (κ1) is 13.5. The normalized spacial score (nSPS) is 13.4. The highest BCUT2D eigenvalue weighted by Crippen LogP contribution is 2.27. The quantitative estimate of drug-likeness (QED) is 0.865. The van der Waals surface area contributed by atoms with Crippen molar-refractivity contribution in [3.8, 4) is 6.07 Å². The Morgan fingerprint density at radius 3 is 2.75 bits per heavy atom. The van der Waals surface area contributed by atoms with Crippen molar-refractivity contribution in [2.24, 2.45) is 5.41 Å². The monoisotopic (exact) mass is 256 g/mol. The van der Waals surface area contributed by atoms with E-state index in [9.17, 15) is 0 Å². The molecule has 0 saturated carbocycles. The van der Waals surface area contributed by atoms with E-state index in [0.29, 0.717) is 6.04 Å². The van der Waals surface area contributed by atoms with Crippen LogP contribution in [0.1, 0.15) is 38.1 Å². The molecular weight excluding hydrogens is 240 g/mol. The fraction of sp³-hybridized carbons (Fsp3) is 0.583. The maximum absolute atomic E-state index is 8.89. The van der Waals surface area contributed by atoms with Crippen LogP contribution >= 0.6 is 22.9 Å². The Hall–Kier alpha value is -0.560. The molecule has 1 N–H and O–H groups in total. The minimum absolute atomic E-state index is 0.250. The summed E-state index contributed by atoms with van der Waals surface area (Å²) in [4.78, 5) is 1.24. The Labute approximate surface area is 106 Å². The van der Waals surface area contributed by atoms with Gasteiger partial charge in [-0.2, -0.15) is 5.26 Å². The molecule has 1 atom stereocenters. The van der Waals surface area contributed by atoms with E-state index >= 15 is 0 Å². The lowest BCUT2D eigenvalue weighted by Crippen LogP contribution is -2.23. The van der Waals surface area contributed by atoms with E-state index in [1.54, 1.807) is 11.3 Å². The third-order valence-corrected chi connectivity index (χ3v) is 3.94. The summed E-state index contributed by atoms with van der Waals surface area (Å²) in [6, 6.07) is 6.56. The molecule has 1 aromatic heterocycles. The summed E-state index contributed by atoms with van der Waals surface area (Å²) in [5, 5.41) is 12.3. The third kappa shape index (κ3) is 4.13. The molecule has 1 unspecified atom stereocenters. The zero-order valence-electron chi connectivity index (χ0n) is 9.88. The molecule has 0 saturated heterocycles. The topological polar surface area (TPSA) is 35.8 Å². The smallest absolute Gasteiger partial charge is 0.0931 e. The Morgan fingerprint density at radius 2 is 2.25 bits per heavy atom. The maximum Gasteiger partial charge on any atom is 0.0931 e. The van der Waals surface area contributed by atoms with Gasteiger partial charge in [0.2, 0.25) is 0 Å². The molecule has 0 spiro atoms.